The molecule has 0 aliphatic rings. The summed E-state index contributed by atoms with van der Waals surface area (Å²) < 4.78 is 0. The van der Waals surface area contributed by atoms with Crippen molar-refractivity contribution in [2.45, 2.75) is 39.5 Å². The molecule has 0 amide bonds. The summed E-state index contributed by atoms with van der Waals surface area (Å²) in [6, 6.07) is 0. The summed E-state index contributed by atoms with van der Waals surface area (Å²) in [7, 11) is 9.95. The van der Waals surface area contributed by atoms with E-state index in [0.29, 0.717) is 0 Å². The Labute approximate surface area is 76.8 Å². The Bertz CT molecular complexity index is 30.2. The van der Waals surface area contributed by atoms with E-state index < -0.39 is 20.5 Å². The molecule has 0 bridgehead atoms. The average Bonchev–Trinajstić information content (AvgIpc) is 1.86. The van der Waals surface area contributed by atoms with Gasteiger partial charge in [-0.3, -0.25) is 0 Å². The van der Waals surface area contributed by atoms with Crippen molar-refractivity contribution >= 4 is 37.7 Å². The van der Waals surface area contributed by atoms with Gasteiger partial charge in [-0.25, -0.2) is 0 Å². The summed E-state index contributed by atoms with van der Waals surface area (Å²) in [5.41, 5.74) is 0. The second-order valence-electron chi connectivity index (χ2n) is 1.81. The summed E-state index contributed by atoms with van der Waals surface area (Å²) in [5, 5.41) is 0. The summed E-state index contributed by atoms with van der Waals surface area (Å²) >= 11 is -1.07. The molecule has 0 spiro atoms. The van der Waals surface area contributed by atoms with Gasteiger partial charge in [-0.1, -0.05) is 39.5 Å². The number of rotatable bonds is 3. The molecule has 0 aliphatic carbocycles. The van der Waals surface area contributed by atoms with Crippen LogP contribution in [0.15, 0.2) is 0 Å². The van der Waals surface area contributed by atoms with Crippen LogP contribution in [0, 0.1) is 0 Å². The Morgan fingerprint density at radius 3 is 1.33 bits per heavy atom. The molecular formula is C6H15Cl2In. The number of unbranched alkanes of at least 4 members (excludes halogenated alkanes) is 3. The molecule has 9 heavy (non-hydrogen) atoms. The number of hydrogen-bond donors (Lipinski definition) is 0. The summed E-state index contributed by atoms with van der Waals surface area (Å²) in [6.45, 7) is 4.46. The molecule has 0 rings (SSSR count). The standard InChI is InChI=1S/C6H14.2ClH.In.H/c1-3-5-6-4-2;;;;/h3-6H2,1-2H3;2*1H;;/q;;;+2;/p-2. The van der Waals surface area contributed by atoms with Gasteiger partial charge in [-0.05, 0) is 0 Å². The van der Waals surface area contributed by atoms with Crippen molar-refractivity contribution in [3.05, 3.63) is 0 Å². The van der Waals surface area contributed by atoms with Crippen LogP contribution in [0.4, 0.5) is 0 Å². The third-order valence-electron chi connectivity index (χ3n) is 0.957. The molecule has 0 aromatic heterocycles. The van der Waals surface area contributed by atoms with Crippen LogP contribution >= 0.6 is 17.2 Å². The Morgan fingerprint density at radius 1 is 1.00 bits per heavy atom. The van der Waals surface area contributed by atoms with Crippen LogP contribution in [0.5, 0.6) is 0 Å². The van der Waals surface area contributed by atoms with Gasteiger partial charge in [0.05, 0.1) is 0 Å². The van der Waals surface area contributed by atoms with Crippen LogP contribution in [-0.2, 0) is 0 Å². The first-order valence-electron chi connectivity index (χ1n) is 3.45. The van der Waals surface area contributed by atoms with E-state index in [4.69, 9.17) is 17.2 Å². The molecule has 0 saturated heterocycles. The van der Waals surface area contributed by atoms with Crippen molar-refractivity contribution in [1.29, 1.82) is 0 Å². The Hall–Kier alpha value is 1.45. The molecule has 0 heterocycles. The van der Waals surface area contributed by atoms with E-state index in [0.717, 1.165) is 0 Å². The minimum absolute atomic E-state index is 1.07. The molecular weight excluding hydrogens is 258 g/mol. The first kappa shape index (κ1) is 13.1. The van der Waals surface area contributed by atoms with Crippen molar-refractivity contribution in [2.24, 2.45) is 0 Å². The Kier molecular flexibility index (Phi) is 23.6. The zero-order valence-corrected chi connectivity index (χ0v) is 11.8. The van der Waals surface area contributed by atoms with Gasteiger partial charge in [0, 0.05) is 0 Å². The molecule has 3 heteroatoms. The molecule has 0 N–H and O–H groups in total. The molecule has 0 aromatic rings. The molecule has 0 aliphatic heterocycles. The quantitative estimate of drug-likeness (QED) is 0.692. The Morgan fingerprint density at radius 2 is 1.22 bits per heavy atom. The molecule has 0 aromatic carbocycles. The first-order valence-corrected chi connectivity index (χ1v) is 13.7. The summed E-state index contributed by atoms with van der Waals surface area (Å²) in [6.07, 6.45) is 5.54. The molecule has 0 atom stereocenters. The van der Waals surface area contributed by atoms with E-state index in [2.05, 4.69) is 13.8 Å². The van der Waals surface area contributed by atoms with Gasteiger partial charge in [0.1, 0.15) is 0 Å². The van der Waals surface area contributed by atoms with Crippen LogP contribution in [0.3, 0.4) is 0 Å². The fourth-order valence-electron chi connectivity index (χ4n) is 0.500. The van der Waals surface area contributed by atoms with Gasteiger partial charge in [0.2, 0.25) is 0 Å². The molecule has 0 fully saturated rings. The molecule has 56 valence electrons. The van der Waals surface area contributed by atoms with Crippen LogP contribution in [-0.4, -0.2) is 20.5 Å². The zero-order valence-electron chi connectivity index (χ0n) is 6.29. The average molecular weight is 273 g/mol. The van der Waals surface area contributed by atoms with E-state index in [1.54, 1.807) is 0 Å². The van der Waals surface area contributed by atoms with Gasteiger partial charge in [-0.2, -0.15) is 0 Å². The van der Waals surface area contributed by atoms with Gasteiger partial charge < -0.3 is 0 Å². The summed E-state index contributed by atoms with van der Waals surface area (Å²) in [5.74, 6) is 0. The SMILES string of the molecule is CCCCCC.[Cl][InH][Cl]. The maximum absolute atomic E-state index is 4.97. The maximum atomic E-state index is 4.97. The third-order valence-corrected chi connectivity index (χ3v) is 0.957. The van der Waals surface area contributed by atoms with Crippen molar-refractivity contribution in [3.8, 4) is 0 Å². The van der Waals surface area contributed by atoms with E-state index in [1.165, 1.54) is 25.7 Å². The number of halogens is 2. The second-order valence-corrected chi connectivity index (χ2v) is 7.81. The number of hydrogen-bond acceptors (Lipinski definition) is 0. The van der Waals surface area contributed by atoms with E-state index in [-0.39, 0.29) is 0 Å². The van der Waals surface area contributed by atoms with Gasteiger partial charge in [0.25, 0.3) is 0 Å². The first-order chi connectivity index (χ1) is 4.33. The Balaban J connectivity index is 0. The van der Waals surface area contributed by atoms with Gasteiger partial charge in [-0.15, -0.1) is 0 Å². The van der Waals surface area contributed by atoms with Crippen molar-refractivity contribution in [3.63, 3.8) is 0 Å². The molecule has 0 saturated carbocycles. The van der Waals surface area contributed by atoms with Crippen LogP contribution in [0.2, 0.25) is 0 Å². The van der Waals surface area contributed by atoms with Crippen LogP contribution < -0.4 is 0 Å². The van der Waals surface area contributed by atoms with Gasteiger partial charge in [0.15, 0.2) is 0 Å². The minimum atomic E-state index is -1.07. The van der Waals surface area contributed by atoms with E-state index >= 15 is 0 Å². The van der Waals surface area contributed by atoms with Gasteiger partial charge >= 0.3 is 37.7 Å². The predicted molar refractivity (Wildman–Crippen MR) is 48.7 cm³/mol. The molecule has 0 nitrogen and oxygen atoms in total. The zero-order chi connectivity index (χ0) is 7.54. The van der Waals surface area contributed by atoms with Crippen molar-refractivity contribution < 1.29 is 0 Å². The van der Waals surface area contributed by atoms with Crippen LogP contribution in [0.25, 0.3) is 0 Å². The van der Waals surface area contributed by atoms with Crippen molar-refractivity contribution in [2.75, 3.05) is 0 Å². The van der Waals surface area contributed by atoms with E-state index in [9.17, 15) is 0 Å². The summed E-state index contributed by atoms with van der Waals surface area (Å²) in [4.78, 5) is 0. The monoisotopic (exact) mass is 272 g/mol. The fourth-order valence-corrected chi connectivity index (χ4v) is 0.500. The van der Waals surface area contributed by atoms with E-state index in [1.807, 2.05) is 0 Å². The second kappa shape index (κ2) is 16.2. The fraction of sp³-hybridized carbons (Fsp3) is 1.00. The third kappa shape index (κ3) is 26.5. The predicted octanol–water partition coefficient (Wildman–Crippen LogP) is 3.32. The topological polar surface area (TPSA) is 0 Å². The molecule has 0 unspecified atom stereocenters. The van der Waals surface area contributed by atoms with Crippen LogP contribution in [0.1, 0.15) is 39.5 Å². The molecule has 0 radical (unpaired) electrons. The van der Waals surface area contributed by atoms with Crippen molar-refractivity contribution in [1.82, 2.24) is 0 Å². The normalized spacial score (nSPS) is 7.56.